The van der Waals surface area contributed by atoms with E-state index in [-0.39, 0.29) is 0 Å². The van der Waals surface area contributed by atoms with Gasteiger partial charge in [-0.1, -0.05) is 200 Å². The quantitative estimate of drug-likeness (QED) is 0.137. The Morgan fingerprint density at radius 2 is 0.734 bits per heavy atom. The fraction of sp³-hybridized carbons (Fsp3) is 0. The van der Waals surface area contributed by atoms with Gasteiger partial charge in [0.05, 0.1) is 11.0 Å². The first kappa shape index (κ1) is 38.4. The molecule has 0 fully saturated rings. The first-order valence-electron chi connectivity index (χ1n) is 21.8. The highest BCUT2D eigenvalue weighted by molar-refractivity contribution is 5.96. The maximum atomic E-state index is 5.35. The smallest absolute Gasteiger partial charge is 0.145 e. The molecular formula is C61H43N3. The lowest BCUT2D eigenvalue weighted by Crippen LogP contribution is -2.10. The van der Waals surface area contributed by atoms with Crippen molar-refractivity contribution >= 4 is 28.1 Å². The Hall–Kier alpha value is -8.53. The van der Waals surface area contributed by atoms with Crippen molar-refractivity contribution in [3.05, 3.63) is 261 Å². The summed E-state index contributed by atoms with van der Waals surface area (Å²) in [7, 11) is 0. The number of imidazole rings is 1. The summed E-state index contributed by atoms with van der Waals surface area (Å²) in [6.07, 6.45) is 0. The van der Waals surface area contributed by atoms with E-state index in [1.807, 2.05) is 6.07 Å². The van der Waals surface area contributed by atoms with E-state index in [1.54, 1.807) is 0 Å². The molecule has 0 atom stereocenters. The van der Waals surface area contributed by atoms with E-state index >= 15 is 0 Å². The van der Waals surface area contributed by atoms with Crippen LogP contribution in [0, 0.1) is 0 Å². The Bertz CT molecular complexity index is 3330. The normalized spacial score (nSPS) is 11.1. The molecule has 0 aliphatic carbocycles. The summed E-state index contributed by atoms with van der Waals surface area (Å²) in [6, 6.07) is 93.0. The second-order valence-electron chi connectivity index (χ2n) is 16.0. The van der Waals surface area contributed by atoms with Crippen molar-refractivity contribution in [2.24, 2.45) is 0 Å². The molecule has 10 aromatic carbocycles. The molecular weight excluding hydrogens is 775 g/mol. The lowest BCUT2D eigenvalue weighted by atomic mass is 9.93. The number of fused-ring (bicyclic) bond motifs is 1. The molecule has 0 radical (unpaired) electrons. The van der Waals surface area contributed by atoms with Gasteiger partial charge >= 0.3 is 0 Å². The van der Waals surface area contributed by atoms with Crippen molar-refractivity contribution < 1.29 is 0 Å². The van der Waals surface area contributed by atoms with Crippen molar-refractivity contribution in [1.29, 1.82) is 0 Å². The van der Waals surface area contributed by atoms with Crippen LogP contribution in [-0.4, -0.2) is 9.55 Å². The summed E-state index contributed by atoms with van der Waals surface area (Å²) in [5, 5.41) is 0. The highest BCUT2D eigenvalue weighted by Gasteiger charge is 2.19. The molecule has 1 aromatic heterocycles. The fourth-order valence-electron chi connectivity index (χ4n) is 8.90. The SMILES string of the molecule is c1ccc(-c2ccc(N(c3ccc(-c4cccc(-c5cccc6c5nc(-c5ccccc5)n6-c5ccccc5)c4)cc3)c3ccc(-c4ccccc4)c(-c4ccccc4)c3)cc2)cc1. The number of rotatable bonds is 10. The lowest BCUT2D eigenvalue weighted by molar-refractivity contribution is 1.10. The van der Waals surface area contributed by atoms with Crippen LogP contribution in [0.25, 0.3) is 83.7 Å². The first-order valence-corrected chi connectivity index (χ1v) is 21.8. The Morgan fingerprint density at radius 1 is 0.281 bits per heavy atom. The van der Waals surface area contributed by atoms with Gasteiger partial charge in [0, 0.05) is 33.9 Å². The number of hydrogen-bond donors (Lipinski definition) is 0. The standard InChI is InChI=1S/C61H43N3/c1-6-18-44(19-7-1)45-32-36-53(37-33-45)63(55-40-41-56(47-20-8-2-9-21-47)58(43-55)48-22-10-3-11-23-48)54-38-34-46(35-39-54)50-26-16-27-51(42-50)57-30-17-31-59-60(57)62-61(49-24-12-4-13-25-49)64(59)52-28-14-5-15-29-52/h1-43H. The molecule has 1 heterocycles. The molecule has 0 aliphatic heterocycles. The third-order valence-electron chi connectivity index (χ3n) is 12.0. The predicted molar refractivity (Wildman–Crippen MR) is 268 cm³/mol. The summed E-state index contributed by atoms with van der Waals surface area (Å²) >= 11 is 0. The second-order valence-corrected chi connectivity index (χ2v) is 16.0. The highest BCUT2D eigenvalue weighted by atomic mass is 15.1. The molecule has 302 valence electrons. The zero-order valence-electron chi connectivity index (χ0n) is 35.2. The minimum atomic E-state index is 0.922. The summed E-state index contributed by atoms with van der Waals surface area (Å²) in [6.45, 7) is 0. The highest BCUT2D eigenvalue weighted by Crippen LogP contribution is 2.42. The maximum Gasteiger partial charge on any atom is 0.145 e. The third-order valence-corrected chi connectivity index (χ3v) is 12.0. The molecule has 0 unspecified atom stereocenters. The maximum absolute atomic E-state index is 5.35. The van der Waals surface area contributed by atoms with Crippen LogP contribution in [0.15, 0.2) is 261 Å². The molecule has 64 heavy (non-hydrogen) atoms. The van der Waals surface area contributed by atoms with Gasteiger partial charge in [0.2, 0.25) is 0 Å². The number of benzene rings is 10. The van der Waals surface area contributed by atoms with Gasteiger partial charge in [-0.2, -0.15) is 0 Å². The molecule has 0 amide bonds. The van der Waals surface area contributed by atoms with Crippen LogP contribution >= 0.6 is 0 Å². The molecule has 0 saturated heterocycles. The van der Waals surface area contributed by atoms with E-state index in [4.69, 9.17) is 4.98 Å². The van der Waals surface area contributed by atoms with Gasteiger partial charge in [0.15, 0.2) is 0 Å². The topological polar surface area (TPSA) is 21.1 Å². The molecule has 3 nitrogen and oxygen atoms in total. The Labute approximate surface area is 374 Å². The summed E-state index contributed by atoms with van der Waals surface area (Å²) in [4.78, 5) is 7.72. The number of hydrogen-bond acceptors (Lipinski definition) is 2. The minimum absolute atomic E-state index is 0.922. The molecule has 11 rings (SSSR count). The summed E-state index contributed by atoms with van der Waals surface area (Å²) in [5.74, 6) is 0.922. The van der Waals surface area contributed by atoms with Crippen LogP contribution in [0.5, 0.6) is 0 Å². The zero-order chi connectivity index (χ0) is 42.7. The van der Waals surface area contributed by atoms with Crippen LogP contribution in [0.1, 0.15) is 0 Å². The van der Waals surface area contributed by atoms with Gasteiger partial charge in [-0.25, -0.2) is 4.98 Å². The average molecular weight is 818 g/mol. The van der Waals surface area contributed by atoms with Crippen LogP contribution in [0.4, 0.5) is 17.1 Å². The fourth-order valence-corrected chi connectivity index (χ4v) is 8.90. The predicted octanol–water partition coefficient (Wildman–Crippen LogP) is 16.5. The molecule has 0 N–H and O–H groups in total. The minimum Gasteiger partial charge on any atom is -0.310 e. The summed E-state index contributed by atoms with van der Waals surface area (Å²) in [5.41, 5.74) is 19.1. The first-order chi connectivity index (χ1) is 31.7. The van der Waals surface area contributed by atoms with E-state index < -0.39 is 0 Å². The van der Waals surface area contributed by atoms with Gasteiger partial charge < -0.3 is 4.90 Å². The second kappa shape index (κ2) is 17.1. The molecule has 0 spiro atoms. The third kappa shape index (κ3) is 7.46. The van der Waals surface area contributed by atoms with Crippen molar-refractivity contribution in [2.75, 3.05) is 4.90 Å². The van der Waals surface area contributed by atoms with Gasteiger partial charge in [-0.15, -0.1) is 0 Å². The molecule has 11 aromatic rings. The van der Waals surface area contributed by atoms with E-state index in [0.717, 1.165) is 67.4 Å². The van der Waals surface area contributed by atoms with E-state index in [1.165, 1.54) is 33.4 Å². The number of nitrogens with zero attached hydrogens (tertiary/aromatic N) is 3. The van der Waals surface area contributed by atoms with Gasteiger partial charge in [0.25, 0.3) is 0 Å². The lowest BCUT2D eigenvalue weighted by Gasteiger charge is -2.27. The van der Waals surface area contributed by atoms with Gasteiger partial charge in [0.1, 0.15) is 5.82 Å². The summed E-state index contributed by atoms with van der Waals surface area (Å²) < 4.78 is 2.27. The largest absolute Gasteiger partial charge is 0.310 e. The zero-order valence-corrected chi connectivity index (χ0v) is 35.2. The number of para-hydroxylation sites is 2. The van der Waals surface area contributed by atoms with Crippen LogP contribution in [0.3, 0.4) is 0 Å². The van der Waals surface area contributed by atoms with Gasteiger partial charge in [-0.3, -0.25) is 4.57 Å². The van der Waals surface area contributed by atoms with Crippen molar-refractivity contribution in [1.82, 2.24) is 9.55 Å². The van der Waals surface area contributed by atoms with Gasteiger partial charge in [-0.05, 0) is 111 Å². The van der Waals surface area contributed by atoms with Crippen molar-refractivity contribution in [3.8, 4) is 72.7 Å². The molecule has 0 bridgehead atoms. The molecule has 3 heteroatoms. The van der Waals surface area contributed by atoms with Crippen molar-refractivity contribution in [2.45, 2.75) is 0 Å². The van der Waals surface area contributed by atoms with Crippen molar-refractivity contribution in [3.63, 3.8) is 0 Å². The average Bonchev–Trinajstić information content (AvgIpc) is 3.78. The Kier molecular flexibility index (Phi) is 10.3. The van der Waals surface area contributed by atoms with Crippen LogP contribution in [-0.2, 0) is 0 Å². The Morgan fingerprint density at radius 3 is 1.34 bits per heavy atom. The molecule has 0 saturated carbocycles. The van der Waals surface area contributed by atoms with E-state index in [9.17, 15) is 0 Å². The van der Waals surface area contributed by atoms with Crippen LogP contribution < -0.4 is 4.90 Å². The molecule has 0 aliphatic rings. The number of aromatic nitrogens is 2. The number of anilines is 3. The monoisotopic (exact) mass is 817 g/mol. The Balaban J connectivity index is 0.994. The van der Waals surface area contributed by atoms with E-state index in [0.29, 0.717) is 0 Å². The van der Waals surface area contributed by atoms with E-state index in [2.05, 4.69) is 264 Å². The van der Waals surface area contributed by atoms with Crippen LogP contribution in [0.2, 0.25) is 0 Å².